The number of benzene rings is 2. The molecule has 0 spiro atoms. The number of carbonyl (C=O) groups excluding carboxylic acids is 1. The van der Waals surface area contributed by atoms with Gasteiger partial charge in [0.25, 0.3) is 0 Å². The Kier molecular flexibility index (Phi) is 6.87. The summed E-state index contributed by atoms with van der Waals surface area (Å²) >= 11 is 0. The van der Waals surface area contributed by atoms with Crippen LogP contribution in [0, 0.1) is 6.92 Å². The molecule has 1 aliphatic carbocycles. The number of carbonyl (C=O) groups is 1. The highest BCUT2D eigenvalue weighted by atomic mass is 16.6. The molecule has 0 radical (unpaired) electrons. The highest BCUT2D eigenvalue weighted by Gasteiger charge is 2.34. The van der Waals surface area contributed by atoms with Crippen LogP contribution in [0.15, 0.2) is 42.5 Å². The van der Waals surface area contributed by atoms with Crippen LogP contribution < -0.4 is 4.74 Å². The maximum Gasteiger partial charge on any atom is 0.339 e. The minimum atomic E-state index is -0.972. The molecule has 1 atom stereocenters. The lowest BCUT2D eigenvalue weighted by atomic mass is 9.90. The summed E-state index contributed by atoms with van der Waals surface area (Å²) in [6.07, 6.45) is 5.65. The van der Waals surface area contributed by atoms with Crippen LogP contribution in [0.4, 0.5) is 0 Å². The van der Waals surface area contributed by atoms with Crippen molar-refractivity contribution in [1.29, 1.82) is 0 Å². The normalized spacial score (nSPS) is 15.7. The molecule has 7 nitrogen and oxygen atoms in total. The molecule has 0 bridgehead atoms. The number of esters is 1. The van der Waals surface area contributed by atoms with Crippen LogP contribution in [0.2, 0.25) is 0 Å². The standard InChI is InChI=1S/C33H37N3O4/c1-20-29(31(32(37)38-5)40-33(2,3)4)30(25-14-15-27-24(18-25)11-8-16-39-27)36-28(34-20)19-26(35-36)23-13-12-21-9-6-7-10-22(21)17-23/h12-15,17-19,31H,6-11,16H2,1-5H3. The van der Waals surface area contributed by atoms with Crippen LogP contribution in [0.1, 0.15) is 74.1 Å². The Balaban J connectivity index is 1.59. The molecule has 3 heterocycles. The van der Waals surface area contributed by atoms with Gasteiger partial charge in [-0.25, -0.2) is 14.3 Å². The summed E-state index contributed by atoms with van der Waals surface area (Å²) < 4.78 is 19.4. The van der Waals surface area contributed by atoms with E-state index in [4.69, 9.17) is 24.3 Å². The highest BCUT2D eigenvalue weighted by Crippen LogP contribution is 2.39. The van der Waals surface area contributed by atoms with Gasteiger partial charge in [-0.2, -0.15) is 5.10 Å². The van der Waals surface area contributed by atoms with Crippen LogP contribution in [-0.2, 0) is 33.5 Å². The topological polar surface area (TPSA) is 75.0 Å². The molecule has 0 saturated heterocycles. The fourth-order valence-corrected chi connectivity index (χ4v) is 5.95. The Hall–Kier alpha value is -3.71. The lowest BCUT2D eigenvalue weighted by Crippen LogP contribution is -2.30. The predicted molar refractivity (Wildman–Crippen MR) is 155 cm³/mol. The van der Waals surface area contributed by atoms with Gasteiger partial charge < -0.3 is 14.2 Å². The molecule has 1 unspecified atom stereocenters. The third-order valence-corrected chi connectivity index (χ3v) is 7.80. The third kappa shape index (κ3) is 4.99. The van der Waals surface area contributed by atoms with Crippen LogP contribution in [-0.4, -0.2) is 39.9 Å². The predicted octanol–water partition coefficient (Wildman–Crippen LogP) is 6.60. The summed E-state index contributed by atoms with van der Waals surface area (Å²) in [6.45, 7) is 8.45. The Morgan fingerprint density at radius 1 is 0.950 bits per heavy atom. The summed E-state index contributed by atoms with van der Waals surface area (Å²) in [5.41, 5.74) is 9.11. The lowest BCUT2D eigenvalue weighted by molar-refractivity contribution is -0.164. The van der Waals surface area contributed by atoms with E-state index in [-0.39, 0.29) is 0 Å². The minimum Gasteiger partial charge on any atom is -0.493 e. The molecule has 7 heteroatoms. The van der Waals surface area contributed by atoms with Crippen molar-refractivity contribution in [3.05, 3.63) is 70.4 Å². The van der Waals surface area contributed by atoms with Crippen molar-refractivity contribution < 1.29 is 19.0 Å². The number of nitrogens with zero attached hydrogens (tertiary/aromatic N) is 3. The van der Waals surface area contributed by atoms with Crippen molar-refractivity contribution in [2.45, 2.75) is 77.9 Å². The molecule has 1 aliphatic heterocycles. The summed E-state index contributed by atoms with van der Waals surface area (Å²) in [5, 5.41) is 5.10. The van der Waals surface area contributed by atoms with Gasteiger partial charge in [0, 0.05) is 28.5 Å². The molecule has 2 aliphatic rings. The number of aryl methyl sites for hydroxylation is 4. The maximum absolute atomic E-state index is 13.2. The van der Waals surface area contributed by atoms with Crippen molar-refractivity contribution in [3.8, 4) is 28.3 Å². The molecule has 0 saturated carbocycles. The van der Waals surface area contributed by atoms with Crippen LogP contribution in [0.3, 0.4) is 0 Å². The molecular weight excluding hydrogens is 502 g/mol. The van der Waals surface area contributed by atoms with Gasteiger partial charge in [0.15, 0.2) is 11.8 Å². The minimum absolute atomic E-state index is 0.469. The molecule has 0 N–H and O–H groups in total. The Morgan fingerprint density at radius 2 is 1.68 bits per heavy atom. The van der Waals surface area contributed by atoms with Gasteiger partial charge in [0.05, 0.1) is 30.7 Å². The first-order valence-electron chi connectivity index (χ1n) is 14.3. The lowest BCUT2D eigenvalue weighted by Gasteiger charge is -2.28. The van der Waals surface area contributed by atoms with Crippen LogP contribution >= 0.6 is 0 Å². The summed E-state index contributed by atoms with van der Waals surface area (Å²) in [6, 6.07) is 14.9. The van der Waals surface area contributed by atoms with Crippen molar-refractivity contribution in [2.75, 3.05) is 13.7 Å². The Morgan fingerprint density at radius 3 is 2.45 bits per heavy atom. The van der Waals surface area contributed by atoms with E-state index in [1.165, 1.54) is 31.1 Å². The monoisotopic (exact) mass is 539 g/mol. The molecule has 40 heavy (non-hydrogen) atoms. The van der Waals surface area contributed by atoms with E-state index in [2.05, 4.69) is 24.3 Å². The number of aromatic nitrogens is 3. The molecule has 2 aromatic heterocycles. The molecule has 208 valence electrons. The van der Waals surface area contributed by atoms with Gasteiger partial charge in [0.1, 0.15) is 5.75 Å². The number of ether oxygens (including phenoxy) is 3. The fourth-order valence-electron chi connectivity index (χ4n) is 5.95. The van der Waals surface area contributed by atoms with Crippen molar-refractivity contribution >= 4 is 11.6 Å². The molecule has 4 aromatic rings. The van der Waals surface area contributed by atoms with Crippen LogP contribution in [0.25, 0.3) is 28.2 Å². The molecule has 6 rings (SSSR count). The molecular formula is C33H37N3O4. The maximum atomic E-state index is 13.2. The van der Waals surface area contributed by atoms with E-state index in [0.29, 0.717) is 11.3 Å². The van der Waals surface area contributed by atoms with Gasteiger partial charge >= 0.3 is 5.97 Å². The fraction of sp³-hybridized carbons (Fsp3) is 0.424. The van der Waals surface area contributed by atoms with Crippen LogP contribution in [0.5, 0.6) is 5.75 Å². The summed E-state index contributed by atoms with van der Waals surface area (Å²) in [4.78, 5) is 18.2. The summed E-state index contributed by atoms with van der Waals surface area (Å²) in [7, 11) is 1.39. The zero-order valence-electron chi connectivity index (χ0n) is 24.0. The van der Waals surface area contributed by atoms with Gasteiger partial charge in [-0.3, -0.25) is 0 Å². The Bertz CT molecular complexity index is 1600. The quantitative estimate of drug-likeness (QED) is 0.266. The number of methoxy groups -OCH3 is 1. The van der Waals surface area contributed by atoms with Crippen molar-refractivity contribution in [1.82, 2.24) is 14.6 Å². The average Bonchev–Trinajstić information content (AvgIpc) is 3.37. The second-order valence-electron chi connectivity index (χ2n) is 11.9. The van der Waals surface area contributed by atoms with E-state index in [1.807, 2.05) is 50.4 Å². The van der Waals surface area contributed by atoms with Crippen molar-refractivity contribution in [2.24, 2.45) is 0 Å². The summed E-state index contributed by atoms with van der Waals surface area (Å²) in [5.74, 6) is 0.438. The smallest absolute Gasteiger partial charge is 0.339 e. The highest BCUT2D eigenvalue weighted by molar-refractivity contribution is 5.82. The van der Waals surface area contributed by atoms with E-state index in [1.54, 1.807) is 0 Å². The number of hydrogen-bond acceptors (Lipinski definition) is 6. The van der Waals surface area contributed by atoms with E-state index in [9.17, 15) is 4.79 Å². The van der Waals surface area contributed by atoms with Gasteiger partial charge in [-0.05, 0) is 107 Å². The molecule has 0 amide bonds. The zero-order valence-corrected chi connectivity index (χ0v) is 24.0. The second-order valence-corrected chi connectivity index (χ2v) is 11.9. The number of hydrogen-bond donors (Lipinski definition) is 0. The number of fused-ring (bicyclic) bond motifs is 3. The average molecular weight is 540 g/mol. The largest absolute Gasteiger partial charge is 0.493 e. The zero-order chi connectivity index (χ0) is 28.0. The Labute approximate surface area is 235 Å². The molecule has 0 fully saturated rings. The first-order chi connectivity index (χ1) is 19.2. The molecule has 2 aromatic carbocycles. The first-order valence-corrected chi connectivity index (χ1v) is 14.3. The van der Waals surface area contributed by atoms with Gasteiger partial charge in [0.2, 0.25) is 0 Å². The van der Waals surface area contributed by atoms with E-state index < -0.39 is 17.7 Å². The third-order valence-electron chi connectivity index (χ3n) is 7.80. The van der Waals surface area contributed by atoms with Crippen molar-refractivity contribution in [3.63, 3.8) is 0 Å². The second kappa shape index (κ2) is 10.4. The van der Waals surface area contributed by atoms with Gasteiger partial charge in [-0.15, -0.1) is 0 Å². The van der Waals surface area contributed by atoms with E-state index >= 15 is 0 Å². The van der Waals surface area contributed by atoms with Gasteiger partial charge in [-0.1, -0.05) is 12.1 Å². The number of rotatable bonds is 5. The first kappa shape index (κ1) is 26.5. The van der Waals surface area contributed by atoms with E-state index in [0.717, 1.165) is 71.8 Å². The SMILES string of the molecule is COC(=O)C(OC(C)(C)C)c1c(C)nc2cc(-c3ccc4c(c3)CCCC4)nn2c1-c1ccc2c(c1)CCCO2.